The highest BCUT2D eigenvalue weighted by molar-refractivity contribution is 5.90. The Morgan fingerprint density at radius 2 is 1.92 bits per heavy atom. The first-order valence-electron chi connectivity index (χ1n) is 7.68. The highest BCUT2D eigenvalue weighted by Gasteiger charge is 2.22. The van der Waals surface area contributed by atoms with E-state index in [0.29, 0.717) is 23.8 Å². The lowest BCUT2D eigenvalue weighted by molar-refractivity contribution is -0.384. The average molecular weight is 331 g/mol. The van der Waals surface area contributed by atoms with Gasteiger partial charge >= 0.3 is 0 Å². The molecule has 1 aromatic carbocycles. The van der Waals surface area contributed by atoms with Gasteiger partial charge in [-0.3, -0.25) is 14.9 Å². The summed E-state index contributed by atoms with van der Waals surface area (Å²) in [4.78, 5) is 26.5. The molecule has 0 aliphatic heterocycles. The molecule has 0 fully saturated rings. The molecule has 7 heteroatoms. The molecule has 0 radical (unpaired) electrons. The first-order valence-corrected chi connectivity index (χ1v) is 7.68. The zero-order valence-corrected chi connectivity index (χ0v) is 14.3. The smallest absolute Gasteiger partial charge is 0.269 e. The lowest BCUT2D eigenvalue weighted by atomic mass is 9.97. The molecule has 2 aromatic rings. The Hall–Kier alpha value is -2.70. The minimum atomic E-state index is -0.481. The SMILES string of the molecule is Cc1nc(C(C)(C)C)oc1CCC(=O)Nc1ccc([N+](=O)[O-])cc1. The van der Waals surface area contributed by atoms with Crippen molar-refractivity contribution in [2.24, 2.45) is 0 Å². The van der Waals surface area contributed by atoms with E-state index in [2.05, 4.69) is 10.3 Å². The number of nitro benzene ring substituents is 1. The van der Waals surface area contributed by atoms with Crippen LogP contribution in [-0.4, -0.2) is 15.8 Å². The normalized spacial score (nSPS) is 11.3. The van der Waals surface area contributed by atoms with Gasteiger partial charge in [-0.25, -0.2) is 4.98 Å². The minimum Gasteiger partial charge on any atom is -0.445 e. The van der Waals surface area contributed by atoms with E-state index in [-0.39, 0.29) is 23.4 Å². The molecule has 0 saturated carbocycles. The Balaban J connectivity index is 1.94. The van der Waals surface area contributed by atoms with Crippen molar-refractivity contribution < 1.29 is 14.1 Å². The number of aryl methyl sites for hydroxylation is 2. The van der Waals surface area contributed by atoms with Crippen LogP contribution in [-0.2, 0) is 16.6 Å². The van der Waals surface area contributed by atoms with E-state index in [1.54, 1.807) is 0 Å². The van der Waals surface area contributed by atoms with Gasteiger partial charge in [0.15, 0.2) is 5.89 Å². The molecule has 0 spiro atoms. The summed E-state index contributed by atoms with van der Waals surface area (Å²) in [5.74, 6) is 1.18. The third kappa shape index (κ3) is 4.41. The maximum atomic E-state index is 12.0. The van der Waals surface area contributed by atoms with Crippen molar-refractivity contribution in [3.63, 3.8) is 0 Å². The van der Waals surface area contributed by atoms with E-state index in [1.165, 1.54) is 24.3 Å². The quantitative estimate of drug-likeness (QED) is 0.664. The second-order valence-corrected chi connectivity index (χ2v) is 6.63. The topological polar surface area (TPSA) is 98.3 Å². The summed E-state index contributed by atoms with van der Waals surface area (Å²) in [6, 6.07) is 5.72. The van der Waals surface area contributed by atoms with Crippen LogP contribution in [0.15, 0.2) is 28.7 Å². The van der Waals surface area contributed by atoms with Crippen LogP contribution in [0, 0.1) is 17.0 Å². The van der Waals surface area contributed by atoms with E-state index >= 15 is 0 Å². The van der Waals surface area contributed by atoms with Crippen molar-refractivity contribution in [3.05, 3.63) is 51.7 Å². The predicted molar refractivity (Wildman–Crippen MR) is 90.0 cm³/mol. The molecule has 24 heavy (non-hydrogen) atoms. The number of aromatic nitrogens is 1. The molecule has 128 valence electrons. The van der Waals surface area contributed by atoms with E-state index < -0.39 is 4.92 Å². The number of nitrogens with zero attached hydrogens (tertiary/aromatic N) is 2. The van der Waals surface area contributed by atoms with Crippen LogP contribution in [0.25, 0.3) is 0 Å². The number of nitro groups is 1. The van der Waals surface area contributed by atoms with Gasteiger partial charge in [-0.05, 0) is 19.1 Å². The maximum Gasteiger partial charge on any atom is 0.269 e. The number of hydrogen-bond acceptors (Lipinski definition) is 5. The van der Waals surface area contributed by atoms with E-state index in [9.17, 15) is 14.9 Å². The standard InChI is InChI=1S/C17H21N3O4/c1-11-14(24-16(18-11)17(2,3)4)9-10-15(21)19-12-5-7-13(8-6-12)20(22)23/h5-8H,9-10H2,1-4H3,(H,19,21). The van der Waals surface area contributed by atoms with Gasteiger partial charge in [-0.15, -0.1) is 0 Å². The zero-order valence-electron chi connectivity index (χ0n) is 14.3. The van der Waals surface area contributed by atoms with Gasteiger partial charge in [0.05, 0.1) is 10.6 Å². The molecule has 1 amide bonds. The van der Waals surface area contributed by atoms with Crippen LogP contribution in [0.5, 0.6) is 0 Å². The van der Waals surface area contributed by atoms with Crippen LogP contribution in [0.1, 0.15) is 44.5 Å². The molecular formula is C17H21N3O4. The number of non-ortho nitro benzene ring substituents is 1. The predicted octanol–water partition coefficient (Wildman–Crippen LogP) is 3.76. The highest BCUT2D eigenvalue weighted by atomic mass is 16.6. The molecule has 0 saturated heterocycles. The molecule has 7 nitrogen and oxygen atoms in total. The fourth-order valence-electron chi connectivity index (χ4n) is 2.10. The third-order valence-corrected chi connectivity index (χ3v) is 3.48. The Morgan fingerprint density at radius 3 is 2.42 bits per heavy atom. The van der Waals surface area contributed by atoms with Crippen LogP contribution >= 0.6 is 0 Å². The van der Waals surface area contributed by atoms with Crippen molar-refractivity contribution in [2.75, 3.05) is 5.32 Å². The van der Waals surface area contributed by atoms with Gasteiger partial charge in [-0.2, -0.15) is 0 Å². The molecule has 0 unspecified atom stereocenters. The van der Waals surface area contributed by atoms with Crippen molar-refractivity contribution in [2.45, 2.75) is 46.0 Å². The Kier molecular flexibility index (Phi) is 5.02. The number of rotatable bonds is 5. The molecule has 1 heterocycles. The molecule has 1 N–H and O–H groups in total. The fourth-order valence-corrected chi connectivity index (χ4v) is 2.10. The van der Waals surface area contributed by atoms with Crippen LogP contribution in [0.2, 0.25) is 0 Å². The van der Waals surface area contributed by atoms with Crippen LogP contribution in [0.3, 0.4) is 0 Å². The largest absolute Gasteiger partial charge is 0.445 e. The van der Waals surface area contributed by atoms with Crippen molar-refractivity contribution in [1.29, 1.82) is 0 Å². The molecule has 0 aliphatic carbocycles. The van der Waals surface area contributed by atoms with E-state index in [0.717, 1.165) is 5.69 Å². The summed E-state index contributed by atoms with van der Waals surface area (Å²) in [5, 5.41) is 13.3. The number of carbonyl (C=O) groups is 1. The molecule has 2 rings (SSSR count). The zero-order chi connectivity index (χ0) is 17.9. The summed E-state index contributed by atoms with van der Waals surface area (Å²) in [6.45, 7) is 7.92. The van der Waals surface area contributed by atoms with Gasteiger partial charge in [0.25, 0.3) is 5.69 Å². The summed E-state index contributed by atoms with van der Waals surface area (Å²) in [6.07, 6.45) is 0.699. The number of benzene rings is 1. The maximum absolute atomic E-state index is 12.0. The Morgan fingerprint density at radius 1 is 1.29 bits per heavy atom. The molecule has 1 aromatic heterocycles. The van der Waals surface area contributed by atoms with Crippen molar-refractivity contribution in [3.8, 4) is 0 Å². The molecular weight excluding hydrogens is 310 g/mol. The highest BCUT2D eigenvalue weighted by Crippen LogP contribution is 2.24. The average Bonchev–Trinajstić information content (AvgIpc) is 2.87. The lowest BCUT2D eigenvalue weighted by Crippen LogP contribution is -2.12. The first kappa shape index (κ1) is 17.7. The second kappa shape index (κ2) is 6.82. The van der Waals surface area contributed by atoms with E-state index in [4.69, 9.17) is 4.42 Å². The van der Waals surface area contributed by atoms with Crippen LogP contribution < -0.4 is 5.32 Å². The number of anilines is 1. The number of hydrogen-bond donors (Lipinski definition) is 1. The van der Waals surface area contributed by atoms with Gasteiger partial charge in [0.1, 0.15) is 5.76 Å². The second-order valence-electron chi connectivity index (χ2n) is 6.63. The first-order chi connectivity index (χ1) is 11.2. The fraction of sp³-hybridized carbons (Fsp3) is 0.412. The molecule has 0 bridgehead atoms. The number of amides is 1. The third-order valence-electron chi connectivity index (χ3n) is 3.48. The molecule has 0 aliphatic rings. The monoisotopic (exact) mass is 331 g/mol. The van der Waals surface area contributed by atoms with E-state index in [1.807, 2.05) is 27.7 Å². The summed E-state index contributed by atoms with van der Waals surface area (Å²) in [7, 11) is 0. The Bertz CT molecular complexity index is 742. The van der Waals surface area contributed by atoms with Gasteiger partial charge < -0.3 is 9.73 Å². The number of carbonyl (C=O) groups excluding carboxylic acids is 1. The number of oxazole rings is 1. The summed E-state index contributed by atoms with van der Waals surface area (Å²) < 4.78 is 5.76. The lowest BCUT2D eigenvalue weighted by Gasteiger charge is -2.12. The van der Waals surface area contributed by atoms with Crippen molar-refractivity contribution >= 4 is 17.3 Å². The Labute approximate surface area is 140 Å². The molecule has 0 atom stereocenters. The van der Waals surface area contributed by atoms with Gasteiger partial charge in [0, 0.05) is 36.1 Å². The van der Waals surface area contributed by atoms with Gasteiger partial charge in [-0.1, -0.05) is 20.8 Å². The van der Waals surface area contributed by atoms with Crippen LogP contribution in [0.4, 0.5) is 11.4 Å². The van der Waals surface area contributed by atoms with Crippen molar-refractivity contribution in [1.82, 2.24) is 4.98 Å². The minimum absolute atomic E-state index is 0.0139. The number of nitrogens with one attached hydrogen (secondary N) is 1. The summed E-state index contributed by atoms with van der Waals surface area (Å²) >= 11 is 0. The summed E-state index contributed by atoms with van der Waals surface area (Å²) in [5.41, 5.74) is 1.13. The van der Waals surface area contributed by atoms with Gasteiger partial charge in [0.2, 0.25) is 5.91 Å².